The molecule has 156 valence electrons. The SMILES string of the molecule is CN(C)c1ccc2ccc3c4c(cc5ccc1c2c53)Oc1ccccc1B4c1ccccc1. The van der Waals surface area contributed by atoms with E-state index in [1.165, 1.54) is 54.4 Å². The second kappa shape index (κ2) is 6.76. The van der Waals surface area contributed by atoms with Crippen LogP contribution in [0.2, 0.25) is 0 Å². The van der Waals surface area contributed by atoms with Crippen molar-refractivity contribution < 1.29 is 4.74 Å². The lowest BCUT2D eigenvalue weighted by Gasteiger charge is -2.29. The van der Waals surface area contributed by atoms with Crippen molar-refractivity contribution in [2.24, 2.45) is 0 Å². The molecule has 0 aromatic heterocycles. The third-order valence-corrected chi connectivity index (χ3v) is 7.12. The number of benzene rings is 6. The molecule has 0 saturated carbocycles. The molecule has 7 rings (SSSR count). The van der Waals surface area contributed by atoms with Gasteiger partial charge in [-0.2, -0.15) is 0 Å². The number of rotatable bonds is 2. The van der Waals surface area contributed by atoms with Gasteiger partial charge >= 0.3 is 0 Å². The molecule has 6 aromatic carbocycles. The molecular formula is C30H22BNO. The number of hydrogen-bond acceptors (Lipinski definition) is 2. The molecule has 1 aliphatic rings. The molecule has 0 radical (unpaired) electrons. The summed E-state index contributed by atoms with van der Waals surface area (Å²) in [5, 5.41) is 7.75. The highest BCUT2D eigenvalue weighted by Gasteiger charge is 2.34. The first-order valence-electron chi connectivity index (χ1n) is 11.4. The van der Waals surface area contributed by atoms with Crippen LogP contribution in [0.3, 0.4) is 0 Å². The van der Waals surface area contributed by atoms with Crippen LogP contribution in [0.25, 0.3) is 32.3 Å². The Bertz CT molecular complexity index is 1670. The Hall–Kier alpha value is -3.98. The molecule has 0 aliphatic carbocycles. The minimum atomic E-state index is 0.129. The van der Waals surface area contributed by atoms with Crippen molar-refractivity contribution >= 4 is 61.1 Å². The first-order chi connectivity index (χ1) is 16.2. The van der Waals surface area contributed by atoms with Crippen molar-refractivity contribution in [1.29, 1.82) is 0 Å². The minimum absolute atomic E-state index is 0.129. The Morgan fingerprint density at radius 1 is 0.636 bits per heavy atom. The van der Waals surface area contributed by atoms with Crippen molar-refractivity contribution in [2.45, 2.75) is 0 Å². The van der Waals surface area contributed by atoms with Crippen LogP contribution in [0.4, 0.5) is 5.69 Å². The fraction of sp³-hybridized carbons (Fsp3) is 0.0667. The summed E-state index contributed by atoms with van der Waals surface area (Å²) in [6.07, 6.45) is 0. The van der Waals surface area contributed by atoms with Gasteiger partial charge in [-0.05, 0) is 56.1 Å². The normalized spacial score (nSPS) is 12.7. The predicted octanol–water partition coefficient (Wildman–Crippen LogP) is 5.27. The van der Waals surface area contributed by atoms with Crippen LogP contribution in [-0.4, -0.2) is 20.8 Å². The van der Waals surface area contributed by atoms with Gasteiger partial charge < -0.3 is 9.64 Å². The van der Waals surface area contributed by atoms with E-state index in [1.54, 1.807) is 0 Å². The predicted molar refractivity (Wildman–Crippen MR) is 142 cm³/mol. The summed E-state index contributed by atoms with van der Waals surface area (Å²) in [6, 6.07) is 35.1. The van der Waals surface area contributed by atoms with Gasteiger partial charge in [0.05, 0.1) is 0 Å². The van der Waals surface area contributed by atoms with Crippen LogP contribution < -0.4 is 26.0 Å². The van der Waals surface area contributed by atoms with Crippen LogP contribution in [0.1, 0.15) is 0 Å². The third kappa shape index (κ3) is 2.56. The maximum Gasteiger partial charge on any atom is 0.251 e. The molecule has 0 spiro atoms. The standard InChI is InChI=1S/C30H22BNO/c1-32(2)25-17-14-19-12-16-23-29-20(13-15-22(25)28(19)29)18-27-30(23)31(21-8-4-3-5-9-21)24-10-6-7-11-26(24)33-27/h3-18H,1-2H3. The van der Waals surface area contributed by atoms with Crippen molar-refractivity contribution in [2.75, 3.05) is 19.0 Å². The molecule has 0 bridgehead atoms. The summed E-state index contributed by atoms with van der Waals surface area (Å²) in [4.78, 5) is 2.20. The van der Waals surface area contributed by atoms with Crippen molar-refractivity contribution in [3.63, 3.8) is 0 Å². The molecule has 0 fully saturated rings. The van der Waals surface area contributed by atoms with Crippen molar-refractivity contribution in [3.05, 3.63) is 97.1 Å². The van der Waals surface area contributed by atoms with Crippen LogP contribution in [0, 0.1) is 0 Å². The van der Waals surface area contributed by atoms with Gasteiger partial charge in [0.25, 0.3) is 6.71 Å². The molecule has 6 aromatic rings. The summed E-state index contributed by atoms with van der Waals surface area (Å²) >= 11 is 0. The Morgan fingerprint density at radius 2 is 1.33 bits per heavy atom. The number of nitrogens with zero attached hydrogens (tertiary/aromatic N) is 1. The van der Waals surface area contributed by atoms with Gasteiger partial charge in [0.2, 0.25) is 0 Å². The van der Waals surface area contributed by atoms with E-state index in [4.69, 9.17) is 4.74 Å². The summed E-state index contributed by atoms with van der Waals surface area (Å²) in [5.41, 5.74) is 5.02. The van der Waals surface area contributed by atoms with E-state index >= 15 is 0 Å². The molecule has 0 atom stereocenters. The Balaban J connectivity index is 1.64. The van der Waals surface area contributed by atoms with Crippen LogP contribution >= 0.6 is 0 Å². The highest BCUT2D eigenvalue weighted by atomic mass is 16.5. The monoisotopic (exact) mass is 423 g/mol. The second-order valence-corrected chi connectivity index (χ2v) is 9.17. The summed E-state index contributed by atoms with van der Waals surface area (Å²) in [7, 11) is 4.23. The van der Waals surface area contributed by atoms with Gasteiger partial charge in [0.1, 0.15) is 11.5 Å². The van der Waals surface area contributed by atoms with E-state index in [-0.39, 0.29) is 6.71 Å². The minimum Gasteiger partial charge on any atom is -0.458 e. The average Bonchev–Trinajstić information content (AvgIpc) is 2.85. The lowest BCUT2D eigenvalue weighted by Crippen LogP contribution is -2.55. The van der Waals surface area contributed by atoms with E-state index in [1.807, 2.05) is 0 Å². The number of ether oxygens (including phenoxy) is 1. The fourth-order valence-electron chi connectivity index (χ4n) is 5.71. The summed E-state index contributed by atoms with van der Waals surface area (Å²) in [6.45, 7) is 0.129. The van der Waals surface area contributed by atoms with Gasteiger partial charge in [-0.1, -0.05) is 84.3 Å². The van der Waals surface area contributed by atoms with Crippen LogP contribution in [0.5, 0.6) is 11.5 Å². The van der Waals surface area contributed by atoms with Crippen LogP contribution in [0.15, 0.2) is 97.1 Å². The smallest absolute Gasteiger partial charge is 0.251 e. The Morgan fingerprint density at radius 3 is 2.18 bits per heavy atom. The molecule has 1 aliphatic heterocycles. The highest BCUT2D eigenvalue weighted by molar-refractivity contribution is 6.98. The number of anilines is 1. The van der Waals surface area contributed by atoms with Gasteiger partial charge in [-0.15, -0.1) is 0 Å². The van der Waals surface area contributed by atoms with Crippen molar-refractivity contribution in [3.8, 4) is 11.5 Å². The van der Waals surface area contributed by atoms with E-state index in [9.17, 15) is 0 Å². The van der Waals surface area contributed by atoms with E-state index in [0.717, 1.165) is 11.5 Å². The second-order valence-electron chi connectivity index (χ2n) is 9.17. The zero-order chi connectivity index (χ0) is 22.1. The summed E-state index contributed by atoms with van der Waals surface area (Å²) in [5.74, 6) is 1.91. The largest absolute Gasteiger partial charge is 0.458 e. The van der Waals surface area contributed by atoms with Gasteiger partial charge in [0, 0.05) is 25.2 Å². The molecule has 0 amide bonds. The van der Waals surface area contributed by atoms with Crippen molar-refractivity contribution in [1.82, 2.24) is 0 Å². The first kappa shape index (κ1) is 18.6. The van der Waals surface area contributed by atoms with Crippen LogP contribution in [-0.2, 0) is 0 Å². The lowest BCUT2D eigenvalue weighted by atomic mass is 9.35. The van der Waals surface area contributed by atoms with E-state index in [0.29, 0.717) is 0 Å². The van der Waals surface area contributed by atoms with Gasteiger partial charge in [-0.25, -0.2) is 0 Å². The molecule has 0 saturated heterocycles. The molecule has 1 heterocycles. The molecule has 0 N–H and O–H groups in total. The molecule has 33 heavy (non-hydrogen) atoms. The number of hydrogen-bond donors (Lipinski definition) is 0. The maximum atomic E-state index is 6.53. The highest BCUT2D eigenvalue weighted by Crippen LogP contribution is 2.41. The van der Waals surface area contributed by atoms with Gasteiger partial charge in [0.15, 0.2) is 0 Å². The Labute approximate surface area is 193 Å². The van der Waals surface area contributed by atoms with E-state index in [2.05, 4.69) is 116 Å². The van der Waals surface area contributed by atoms with E-state index < -0.39 is 0 Å². The quantitative estimate of drug-likeness (QED) is 0.278. The molecule has 3 heteroatoms. The van der Waals surface area contributed by atoms with Gasteiger partial charge in [-0.3, -0.25) is 0 Å². The molecule has 2 nitrogen and oxygen atoms in total. The molecule has 0 unspecified atom stereocenters. The average molecular weight is 423 g/mol. The number of para-hydroxylation sites is 1. The topological polar surface area (TPSA) is 12.5 Å². The lowest BCUT2D eigenvalue weighted by molar-refractivity contribution is 0.488. The zero-order valence-electron chi connectivity index (χ0n) is 18.7. The zero-order valence-corrected chi connectivity index (χ0v) is 18.7. The third-order valence-electron chi connectivity index (χ3n) is 7.12. The maximum absolute atomic E-state index is 6.53. The molecular weight excluding hydrogens is 401 g/mol. The fourth-order valence-corrected chi connectivity index (χ4v) is 5.71. The first-order valence-corrected chi connectivity index (χ1v) is 11.4. The Kier molecular flexibility index (Phi) is 3.81. The summed E-state index contributed by atoms with van der Waals surface area (Å²) < 4.78 is 6.53. The number of fused-ring (bicyclic) bond motifs is 3.